The lowest BCUT2D eigenvalue weighted by Crippen LogP contribution is -2.15. The largest absolute Gasteiger partial charge is 0.492 e. The molecule has 1 aliphatic rings. The van der Waals surface area contributed by atoms with Gasteiger partial charge in [0.2, 0.25) is 5.91 Å². The third-order valence-electron chi connectivity index (χ3n) is 3.85. The molecule has 1 N–H and O–H groups in total. The second-order valence-electron chi connectivity index (χ2n) is 5.87. The highest BCUT2D eigenvalue weighted by Crippen LogP contribution is 2.38. The first kappa shape index (κ1) is 16.8. The van der Waals surface area contributed by atoms with E-state index in [0.717, 1.165) is 27.8 Å². The summed E-state index contributed by atoms with van der Waals surface area (Å²) in [7, 11) is 0. The van der Waals surface area contributed by atoms with Gasteiger partial charge in [0.05, 0.1) is 18.7 Å². The molecule has 126 valence electrons. The minimum absolute atomic E-state index is 0.0794. The smallest absolute Gasteiger partial charge is 0.228 e. The number of hydrogen-bond donors (Lipinski definition) is 1. The predicted octanol–water partition coefficient (Wildman–Crippen LogP) is 4.35. The number of halogens is 1. The number of carbonyl (C=O) groups excluding carboxylic acids is 1. The summed E-state index contributed by atoms with van der Waals surface area (Å²) < 4.78 is 12.5. The molecule has 0 aliphatic carbocycles. The second kappa shape index (κ2) is 7.26. The van der Waals surface area contributed by atoms with Crippen molar-refractivity contribution in [2.75, 3.05) is 11.9 Å². The third-order valence-corrected chi connectivity index (χ3v) is 4.38. The first-order valence-corrected chi connectivity index (χ1v) is 8.85. The number of nitrogens with one attached hydrogen (secondary N) is 1. The van der Waals surface area contributed by atoms with Gasteiger partial charge in [-0.05, 0) is 37.6 Å². The fraction of sp³-hybridized carbons (Fsp3) is 0.316. The topological polar surface area (TPSA) is 47.6 Å². The van der Waals surface area contributed by atoms with Crippen molar-refractivity contribution in [3.63, 3.8) is 0 Å². The van der Waals surface area contributed by atoms with Gasteiger partial charge in [-0.15, -0.1) is 0 Å². The highest BCUT2D eigenvalue weighted by Gasteiger charge is 2.22. The first-order chi connectivity index (χ1) is 11.5. The fourth-order valence-corrected chi connectivity index (χ4v) is 3.06. The summed E-state index contributed by atoms with van der Waals surface area (Å²) in [6.07, 6.45) is 1.33. The minimum atomic E-state index is -0.0794. The number of fused-ring (bicyclic) bond motifs is 1. The van der Waals surface area contributed by atoms with Crippen LogP contribution in [0.5, 0.6) is 11.5 Å². The molecule has 1 amide bonds. The quantitative estimate of drug-likeness (QED) is 0.826. The molecule has 2 aromatic carbocycles. The molecule has 3 rings (SSSR count). The summed E-state index contributed by atoms with van der Waals surface area (Å²) in [6, 6.07) is 11.6. The number of benzene rings is 2. The number of hydrogen-bond acceptors (Lipinski definition) is 3. The van der Waals surface area contributed by atoms with Crippen LogP contribution in [0.3, 0.4) is 0 Å². The molecule has 0 saturated heterocycles. The van der Waals surface area contributed by atoms with Crippen molar-refractivity contribution in [1.82, 2.24) is 0 Å². The molecule has 1 unspecified atom stereocenters. The van der Waals surface area contributed by atoms with Crippen LogP contribution in [-0.2, 0) is 17.6 Å². The molecule has 2 aromatic rings. The summed E-state index contributed by atoms with van der Waals surface area (Å²) >= 11 is 3.39. The average molecular weight is 390 g/mol. The van der Waals surface area contributed by atoms with Gasteiger partial charge in [0.25, 0.3) is 0 Å². The van der Waals surface area contributed by atoms with Crippen LogP contribution in [0.2, 0.25) is 0 Å². The van der Waals surface area contributed by atoms with Crippen molar-refractivity contribution in [2.24, 2.45) is 0 Å². The summed E-state index contributed by atoms with van der Waals surface area (Å²) in [5, 5.41) is 2.95. The van der Waals surface area contributed by atoms with Crippen molar-refractivity contribution in [1.29, 1.82) is 0 Å². The Morgan fingerprint density at radius 1 is 1.33 bits per heavy atom. The molecule has 0 fully saturated rings. The summed E-state index contributed by atoms with van der Waals surface area (Å²) in [6.45, 7) is 4.51. The first-order valence-electron chi connectivity index (χ1n) is 8.06. The number of amides is 1. The van der Waals surface area contributed by atoms with Crippen LogP contribution in [0.25, 0.3) is 0 Å². The normalized spacial score (nSPS) is 15.5. The maximum absolute atomic E-state index is 12.4. The molecule has 0 aromatic heterocycles. The molecule has 0 bridgehead atoms. The maximum Gasteiger partial charge on any atom is 0.228 e. The van der Waals surface area contributed by atoms with E-state index in [9.17, 15) is 4.79 Å². The van der Waals surface area contributed by atoms with E-state index in [2.05, 4.69) is 21.2 Å². The molecule has 0 spiro atoms. The Hall–Kier alpha value is -2.01. The lowest BCUT2D eigenvalue weighted by Gasteiger charge is -2.13. The zero-order valence-electron chi connectivity index (χ0n) is 13.8. The zero-order chi connectivity index (χ0) is 17.1. The Balaban J connectivity index is 1.77. The van der Waals surface area contributed by atoms with Crippen molar-refractivity contribution < 1.29 is 14.3 Å². The van der Waals surface area contributed by atoms with Gasteiger partial charge in [-0.1, -0.05) is 28.1 Å². The van der Waals surface area contributed by atoms with Crippen molar-refractivity contribution >= 4 is 27.5 Å². The van der Waals surface area contributed by atoms with Gasteiger partial charge in [-0.3, -0.25) is 4.79 Å². The molecule has 1 atom stereocenters. The van der Waals surface area contributed by atoms with E-state index in [4.69, 9.17) is 9.47 Å². The van der Waals surface area contributed by atoms with Crippen molar-refractivity contribution in [3.8, 4) is 11.5 Å². The Kier molecular flexibility index (Phi) is 5.09. The number of rotatable bonds is 5. The molecule has 24 heavy (non-hydrogen) atoms. The van der Waals surface area contributed by atoms with E-state index in [-0.39, 0.29) is 12.0 Å². The van der Waals surface area contributed by atoms with E-state index >= 15 is 0 Å². The van der Waals surface area contributed by atoms with Crippen LogP contribution in [0.15, 0.2) is 40.9 Å². The van der Waals surface area contributed by atoms with E-state index in [1.165, 1.54) is 0 Å². The summed E-state index contributed by atoms with van der Waals surface area (Å²) in [5.41, 5.74) is 2.74. The van der Waals surface area contributed by atoms with Crippen molar-refractivity contribution in [2.45, 2.75) is 32.8 Å². The highest BCUT2D eigenvalue weighted by molar-refractivity contribution is 9.10. The van der Waals surface area contributed by atoms with Crippen LogP contribution in [0.1, 0.15) is 25.0 Å². The van der Waals surface area contributed by atoms with E-state index < -0.39 is 0 Å². The molecule has 1 aliphatic heterocycles. The van der Waals surface area contributed by atoms with E-state index in [1.807, 2.05) is 50.2 Å². The zero-order valence-corrected chi connectivity index (χ0v) is 15.4. The van der Waals surface area contributed by atoms with Gasteiger partial charge in [0.1, 0.15) is 17.6 Å². The molecular formula is C19H20BrNO3. The maximum atomic E-state index is 12.4. The standard InChI is InChI=1S/C19H20BrNO3/c1-3-23-18-10-14-8-12(2)24-17(14)11-16(18)21-19(22)9-13-4-6-15(20)7-5-13/h4-7,10-12H,3,8-9H2,1-2H3,(H,21,22). The van der Waals surface area contributed by atoms with Crippen LogP contribution < -0.4 is 14.8 Å². The lowest BCUT2D eigenvalue weighted by atomic mass is 10.1. The Morgan fingerprint density at radius 2 is 2.08 bits per heavy atom. The third kappa shape index (κ3) is 3.90. The highest BCUT2D eigenvalue weighted by atomic mass is 79.9. The molecule has 0 radical (unpaired) electrons. The number of ether oxygens (including phenoxy) is 2. The van der Waals surface area contributed by atoms with Gasteiger partial charge in [0, 0.05) is 22.5 Å². The van der Waals surface area contributed by atoms with E-state index in [0.29, 0.717) is 24.5 Å². The minimum Gasteiger partial charge on any atom is -0.492 e. The molecule has 1 heterocycles. The molecule has 4 nitrogen and oxygen atoms in total. The second-order valence-corrected chi connectivity index (χ2v) is 6.79. The van der Waals surface area contributed by atoms with Crippen LogP contribution in [0.4, 0.5) is 5.69 Å². The summed E-state index contributed by atoms with van der Waals surface area (Å²) in [5.74, 6) is 1.44. The van der Waals surface area contributed by atoms with Crippen molar-refractivity contribution in [3.05, 3.63) is 52.0 Å². The monoisotopic (exact) mass is 389 g/mol. The Bertz CT molecular complexity index is 743. The van der Waals surface area contributed by atoms with Gasteiger partial charge in [-0.2, -0.15) is 0 Å². The van der Waals surface area contributed by atoms with Gasteiger partial charge in [-0.25, -0.2) is 0 Å². The van der Waals surface area contributed by atoms with Gasteiger partial charge >= 0.3 is 0 Å². The molecule has 0 saturated carbocycles. The Labute approximate surface area is 150 Å². The number of carbonyl (C=O) groups is 1. The van der Waals surface area contributed by atoms with Crippen LogP contribution in [0, 0.1) is 0 Å². The van der Waals surface area contributed by atoms with E-state index in [1.54, 1.807) is 0 Å². The van der Waals surface area contributed by atoms with Crippen LogP contribution in [-0.4, -0.2) is 18.6 Å². The number of anilines is 1. The van der Waals surface area contributed by atoms with Gasteiger partial charge in [0.15, 0.2) is 0 Å². The Morgan fingerprint density at radius 3 is 2.79 bits per heavy atom. The SMILES string of the molecule is CCOc1cc2c(cc1NC(=O)Cc1ccc(Br)cc1)OC(C)C2. The fourth-order valence-electron chi connectivity index (χ4n) is 2.79. The predicted molar refractivity (Wildman–Crippen MR) is 97.9 cm³/mol. The van der Waals surface area contributed by atoms with Gasteiger partial charge < -0.3 is 14.8 Å². The van der Waals surface area contributed by atoms with Crippen LogP contribution >= 0.6 is 15.9 Å². The lowest BCUT2D eigenvalue weighted by molar-refractivity contribution is -0.115. The molecule has 5 heteroatoms. The molecular weight excluding hydrogens is 370 g/mol. The summed E-state index contributed by atoms with van der Waals surface area (Å²) in [4.78, 5) is 12.4. The average Bonchev–Trinajstić information content (AvgIpc) is 2.89.